The maximum Gasteiger partial charge on any atom is 0.201 e. The molecule has 1 heterocycles. The molecule has 1 aliphatic rings. The van der Waals surface area contributed by atoms with E-state index in [2.05, 4.69) is 28.3 Å². The van der Waals surface area contributed by atoms with E-state index in [9.17, 15) is 0 Å². The molecule has 0 bridgehead atoms. The number of imidazole rings is 1. The van der Waals surface area contributed by atoms with Gasteiger partial charge in [-0.3, -0.25) is 0 Å². The third kappa shape index (κ3) is 2.14. The molecule has 1 aromatic heterocycles. The van der Waals surface area contributed by atoms with Crippen molar-refractivity contribution in [1.29, 1.82) is 0 Å². The van der Waals surface area contributed by atoms with E-state index in [0.717, 1.165) is 35.4 Å². The topological polar surface area (TPSA) is 40.7 Å². The Hall–Kier alpha value is -1.51. The van der Waals surface area contributed by atoms with Gasteiger partial charge in [0.05, 0.1) is 11.0 Å². The Morgan fingerprint density at radius 1 is 1.35 bits per heavy atom. The van der Waals surface area contributed by atoms with Crippen LogP contribution in [0.2, 0.25) is 0 Å². The van der Waals surface area contributed by atoms with Crippen LogP contribution in [-0.4, -0.2) is 16.5 Å². The lowest BCUT2D eigenvalue weighted by atomic mass is 9.98. The number of hydrogen-bond acceptors (Lipinski definition) is 2. The number of para-hydroxylation sites is 2. The van der Waals surface area contributed by atoms with Crippen LogP contribution in [0.1, 0.15) is 26.2 Å². The summed E-state index contributed by atoms with van der Waals surface area (Å²) in [4.78, 5) is 7.84. The first-order chi connectivity index (χ1) is 8.33. The van der Waals surface area contributed by atoms with Crippen LogP contribution in [-0.2, 0) is 0 Å². The maximum atomic E-state index is 4.53. The molecular weight excluding hydrogens is 210 g/mol. The van der Waals surface area contributed by atoms with Gasteiger partial charge >= 0.3 is 0 Å². The van der Waals surface area contributed by atoms with Gasteiger partial charge in [-0.05, 0) is 30.4 Å². The summed E-state index contributed by atoms with van der Waals surface area (Å²) in [6, 6.07) is 8.15. The van der Waals surface area contributed by atoms with Gasteiger partial charge in [-0.1, -0.05) is 31.9 Å². The molecule has 2 atom stereocenters. The smallest absolute Gasteiger partial charge is 0.201 e. The normalized spacial score (nSPS) is 24.3. The summed E-state index contributed by atoms with van der Waals surface area (Å²) in [5, 5.41) is 3.44. The van der Waals surface area contributed by atoms with Crippen LogP contribution in [0.4, 0.5) is 5.95 Å². The minimum atomic E-state index is 0.809. The molecule has 2 unspecified atom stereocenters. The van der Waals surface area contributed by atoms with Crippen molar-refractivity contribution in [1.82, 2.24) is 9.97 Å². The Morgan fingerprint density at radius 2 is 2.24 bits per heavy atom. The number of nitrogens with one attached hydrogen (secondary N) is 2. The largest absolute Gasteiger partial charge is 0.356 e. The Balaban J connectivity index is 1.68. The molecule has 1 fully saturated rings. The zero-order valence-electron chi connectivity index (χ0n) is 10.2. The molecule has 2 aromatic rings. The van der Waals surface area contributed by atoms with Crippen molar-refractivity contribution in [3.05, 3.63) is 24.3 Å². The molecule has 0 saturated heterocycles. The minimum Gasteiger partial charge on any atom is -0.356 e. The van der Waals surface area contributed by atoms with Crippen molar-refractivity contribution in [2.24, 2.45) is 11.8 Å². The fraction of sp³-hybridized carbons (Fsp3) is 0.500. The SMILES string of the molecule is CC1CCCC1CNc1nc2ccccc2[nH]1. The molecule has 3 rings (SSSR count). The Labute approximate surface area is 102 Å². The van der Waals surface area contributed by atoms with Gasteiger partial charge in [-0.2, -0.15) is 0 Å². The molecule has 0 amide bonds. The van der Waals surface area contributed by atoms with E-state index in [1.807, 2.05) is 18.2 Å². The second-order valence-corrected chi connectivity index (χ2v) is 5.15. The van der Waals surface area contributed by atoms with Gasteiger partial charge in [0.1, 0.15) is 0 Å². The number of hydrogen-bond donors (Lipinski definition) is 2. The van der Waals surface area contributed by atoms with E-state index in [4.69, 9.17) is 0 Å². The molecule has 0 radical (unpaired) electrons. The first-order valence-electron chi connectivity index (χ1n) is 6.51. The monoisotopic (exact) mass is 229 g/mol. The van der Waals surface area contributed by atoms with Crippen LogP contribution in [0.25, 0.3) is 11.0 Å². The summed E-state index contributed by atoms with van der Waals surface area (Å²) in [7, 11) is 0. The van der Waals surface area contributed by atoms with E-state index < -0.39 is 0 Å². The lowest BCUT2D eigenvalue weighted by Gasteiger charge is -2.15. The van der Waals surface area contributed by atoms with E-state index in [1.54, 1.807) is 0 Å². The van der Waals surface area contributed by atoms with Crippen LogP contribution in [0, 0.1) is 11.8 Å². The summed E-state index contributed by atoms with van der Waals surface area (Å²) >= 11 is 0. The van der Waals surface area contributed by atoms with Crippen molar-refractivity contribution >= 4 is 17.0 Å². The number of benzene rings is 1. The predicted octanol–water partition coefficient (Wildman–Crippen LogP) is 3.41. The molecule has 17 heavy (non-hydrogen) atoms. The van der Waals surface area contributed by atoms with Gasteiger partial charge in [0.25, 0.3) is 0 Å². The second kappa shape index (κ2) is 4.40. The molecule has 1 aromatic carbocycles. The Morgan fingerprint density at radius 3 is 3.00 bits per heavy atom. The van der Waals surface area contributed by atoms with Gasteiger partial charge in [0.2, 0.25) is 5.95 Å². The van der Waals surface area contributed by atoms with E-state index in [0.29, 0.717) is 0 Å². The van der Waals surface area contributed by atoms with Crippen molar-refractivity contribution in [2.75, 3.05) is 11.9 Å². The summed E-state index contributed by atoms with van der Waals surface area (Å²) in [6.45, 7) is 3.40. The highest BCUT2D eigenvalue weighted by atomic mass is 15.1. The second-order valence-electron chi connectivity index (χ2n) is 5.15. The van der Waals surface area contributed by atoms with Gasteiger partial charge in [0.15, 0.2) is 0 Å². The summed E-state index contributed by atoms with van der Waals surface area (Å²) in [6.07, 6.45) is 4.12. The standard InChI is InChI=1S/C14H19N3/c1-10-5-4-6-11(10)9-15-14-16-12-7-2-3-8-13(12)17-14/h2-3,7-8,10-11H,4-6,9H2,1H3,(H2,15,16,17). The molecule has 0 aliphatic heterocycles. The lowest BCUT2D eigenvalue weighted by molar-refractivity contribution is 0.439. The summed E-state index contributed by atoms with van der Waals surface area (Å²) < 4.78 is 0. The van der Waals surface area contributed by atoms with Crippen LogP contribution in [0.5, 0.6) is 0 Å². The van der Waals surface area contributed by atoms with Crippen LogP contribution < -0.4 is 5.32 Å². The first kappa shape index (κ1) is 10.6. The van der Waals surface area contributed by atoms with E-state index in [-0.39, 0.29) is 0 Å². The zero-order valence-corrected chi connectivity index (χ0v) is 10.2. The first-order valence-corrected chi connectivity index (χ1v) is 6.51. The summed E-state index contributed by atoms with van der Waals surface area (Å²) in [5.74, 6) is 2.57. The molecule has 1 saturated carbocycles. The van der Waals surface area contributed by atoms with Crippen molar-refractivity contribution in [3.8, 4) is 0 Å². The van der Waals surface area contributed by atoms with Gasteiger partial charge in [0, 0.05) is 6.54 Å². The molecule has 1 aliphatic carbocycles. The lowest BCUT2D eigenvalue weighted by Crippen LogP contribution is -2.16. The van der Waals surface area contributed by atoms with Crippen molar-refractivity contribution in [3.63, 3.8) is 0 Å². The highest BCUT2D eigenvalue weighted by Gasteiger charge is 2.23. The van der Waals surface area contributed by atoms with Crippen LogP contribution in [0.15, 0.2) is 24.3 Å². The molecular formula is C14H19N3. The maximum absolute atomic E-state index is 4.53. The highest BCUT2D eigenvalue weighted by Crippen LogP contribution is 2.31. The third-order valence-corrected chi connectivity index (χ3v) is 3.96. The zero-order chi connectivity index (χ0) is 11.7. The summed E-state index contributed by atoms with van der Waals surface area (Å²) in [5.41, 5.74) is 2.14. The molecule has 3 heteroatoms. The number of aromatic amines is 1. The van der Waals surface area contributed by atoms with Gasteiger partial charge < -0.3 is 10.3 Å². The number of H-pyrrole nitrogens is 1. The van der Waals surface area contributed by atoms with Crippen LogP contribution in [0.3, 0.4) is 0 Å². The van der Waals surface area contributed by atoms with Crippen molar-refractivity contribution in [2.45, 2.75) is 26.2 Å². The third-order valence-electron chi connectivity index (χ3n) is 3.96. The molecule has 0 spiro atoms. The van der Waals surface area contributed by atoms with Gasteiger partial charge in [-0.25, -0.2) is 4.98 Å². The Kier molecular flexibility index (Phi) is 2.75. The molecule has 90 valence electrons. The van der Waals surface area contributed by atoms with E-state index >= 15 is 0 Å². The highest BCUT2D eigenvalue weighted by molar-refractivity contribution is 5.77. The molecule has 3 nitrogen and oxygen atoms in total. The average Bonchev–Trinajstić information content (AvgIpc) is 2.92. The Bertz CT molecular complexity index is 470. The minimum absolute atomic E-state index is 0.809. The number of rotatable bonds is 3. The molecule has 2 N–H and O–H groups in total. The van der Waals surface area contributed by atoms with E-state index in [1.165, 1.54) is 19.3 Å². The van der Waals surface area contributed by atoms with Crippen LogP contribution >= 0.6 is 0 Å². The number of nitrogens with zero attached hydrogens (tertiary/aromatic N) is 1. The number of aromatic nitrogens is 2. The predicted molar refractivity (Wildman–Crippen MR) is 71.1 cm³/mol. The number of anilines is 1. The van der Waals surface area contributed by atoms with Crippen molar-refractivity contribution < 1.29 is 0 Å². The average molecular weight is 229 g/mol. The van der Waals surface area contributed by atoms with Gasteiger partial charge in [-0.15, -0.1) is 0 Å². The number of fused-ring (bicyclic) bond motifs is 1. The fourth-order valence-corrected chi connectivity index (χ4v) is 2.79. The quantitative estimate of drug-likeness (QED) is 0.846. The fourth-order valence-electron chi connectivity index (χ4n) is 2.79.